The maximum Gasteiger partial charge on any atom is 0.416 e. The second kappa shape index (κ2) is 7.20. The molecule has 2 aliphatic heterocycles. The minimum atomic E-state index is -4.40. The molecule has 0 radical (unpaired) electrons. The van der Waals surface area contributed by atoms with Crippen molar-refractivity contribution in [1.29, 1.82) is 0 Å². The number of fused-ring (bicyclic) bond motifs is 2. The molecule has 0 saturated carbocycles. The summed E-state index contributed by atoms with van der Waals surface area (Å²) < 4.78 is 39.9. The molecular formula is C23H26F3NO. The quantitative estimate of drug-likeness (QED) is 0.758. The van der Waals surface area contributed by atoms with Gasteiger partial charge in [0.25, 0.3) is 0 Å². The lowest BCUT2D eigenvalue weighted by atomic mass is 9.72. The Bertz CT molecular complexity index is 819. The number of piperidine rings is 2. The van der Waals surface area contributed by atoms with Crippen molar-refractivity contribution in [3.05, 3.63) is 70.8 Å². The predicted molar refractivity (Wildman–Crippen MR) is 103 cm³/mol. The third-order valence-electron chi connectivity index (χ3n) is 6.31. The van der Waals surface area contributed by atoms with Crippen LogP contribution in [0.1, 0.15) is 54.4 Å². The van der Waals surface area contributed by atoms with Gasteiger partial charge in [-0.15, -0.1) is 0 Å². The van der Waals surface area contributed by atoms with Crippen molar-refractivity contribution in [3.8, 4) is 0 Å². The van der Waals surface area contributed by atoms with E-state index in [1.54, 1.807) is 13.0 Å². The van der Waals surface area contributed by atoms with Crippen molar-refractivity contribution in [2.45, 2.75) is 69.4 Å². The fourth-order valence-corrected chi connectivity index (χ4v) is 5.02. The number of nitrogens with zero attached hydrogens (tertiary/aromatic N) is 1. The van der Waals surface area contributed by atoms with Crippen LogP contribution >= 0.6 is 0 Å². The number of rotatable bonds is 3. The molecule has 1 N–H and O–H groups in total. The van der Waals surface area contributed by atoms with Gasteiger partial charge in [-0.1, -0.05) is 48.4 Å². The largest absolute Gasteiger partial charge is 0.416 e. The lowest BCUT2D eigenvalue weighted by Gasteiger charge is -2.52. The summed E-state index contributed by atoms with van der Waals surface area (Å²) >= 11 is 0. The van der Waals surface area contributed by atoms with Crippen molar-refractivity contribution < 1.29 is 18.3 Å². The zero-order valence-corrected chi connectivity index (χ0v) is 16.0. The highest BCUT2D eigenvalue weighted by molar-refractivity contribution is 5.35. The van der Waals surface area contributed by atoms with Gasteiger partial charge in [0.1, 0.15) is 0 Å². The topological polar surface area (TPSA) is 23.5 Å². The van der Waals surface area contributed by atoms with E-state index in [9.17, 15) is 18.3 Å². The van der Waals surface area contributed by atoms with E-state index in [1.807, 2.05) is 18.2 Å². The molecule has 2 aromatic carbocycles. The monoisotopic (exact) mass is 389 g/mol. The van der Waals surface area contributed by atoms with Gasteiger partial charge >= 0.3 is 6.18 Å². The number of benzene rings is 2. The van der Waals surface area contributed by atoms with Crippen LogP contribution in [0.25, 0.3) is 0 Å². The van der Waals surface area contributed by atoms with Gasteiger partial charge in [0.05, 0.1) is 11.2 Å². The van der Waals surface area contributed by atoms with E-state index in [-0.39, 0.29) is 12.1 Å². The predicted octanol–water partition coefficient (Wildman–Crippen LogP) is 5.42. The molecule has 0 spiro atoms. The molecule has 2 nitrogen and oxygen atoms in total. The van der Waals surface area contributed by atoms with Crippen LogP contribution in [-0.2, 0) is 18.3 Å². The number of alkyl halides is 3. The van der Waals surface area contributed by atoms with E-state index in [4.69, 9.17) is 0 Å². The summed E-state index contributed by atoms with van der Waals surface area (Å²) in [6.45, 7) is 2.49. The Labute approximate surface area is 164 Å². The van der Waals surface area contributed by atoms with E-state index >= 15 is 0 Å². The van der Waals surface area contributed by atoms with E-state index in [0.717, 1.165) is 37.9 Å². The molecule has 0 aromatic heterocycles. The van der Waals surface area contributed by atoms with Gasteiger partial charge in [0.15, 0.2) is 0 Å². The van der Waals surface area contributed by atoms with Gasteiger partial charge in [0.2, 0.25) is 0 Å². The first-order chi connectivity index (χ1) is 13.2. The molecule has 2 aromatic rings. The summed E-state index contributed by atoms with van der Waals surface area (Å²) in [6.07, 6.45) is -0.374. The zero-order chi connectivity index (χ0) is 19.9. The van der Waals surface area contributed by atoms with Gasteiger partial charge in [-0.05, 0) is 55.9 Å². The molecule has 0 amide bonds. The first kappa shape index (κ1) is 19.5. The van der Waals surface area contributed by atoms with Crippen LogP contribution in [0.5, 0.6) is 0 Å². The maximum absolute atomic E-state index is 13.3. The molecule has 2 heterocycles. The Kier molecular flexibility index (Phi) is 5.00. The summed E-state index contributed by atoms with van der Waals surface area (Å²) in [4.78, 5) is 2.45. The standard InChI is InChI=1S/C23H26F3NO/c1-16-10-18(12-19(11-16)23(24,25)26)22(28)13-20-8-5-9-21(14-22)27(20)15-17-6-3-2-4-7-17/h2-4,6-7,10-12,20-21,28H,5,8-9,13-15H2,1H3. The lowest BCUT2D eigenvalue weighted by Crippen LogP contribution is -2.56. The van der Waals surface area contributed by atoms with Crippen LogP contribution in [0, 0.1) is 6.92 Å². The number of aliphatic hydroxyl groups is 1. The summed E-state index contributed by atoms with van der Waals surface area (Å²) in [5, 5.41) is 11.5. The molecule has 150 valence electrons. The van der Waals surface area contributed by atoms with Crippen molar-refractivity contribution in [3.63, 3.8) is 0 Å². The molecule has 2 aliphatic rings. The highest BCUT2D eigenvalue weighted by atomic mass is 19.4. The molecular weight excluding hydrogens is 363 g/mol. The highest BCUT2D eigenvalue weighted by Crippen LogP contribution is 2.46. The molecule has 2 fully saturated rings. The first-order valence-corrected chi connectivity index (χ1v) is 9.96. The van der Waals surface area contributed by atoms with Gasteiger partial charge in [-0.25, -0.2) is 0 Å². The van der Waals surface area contributed by atoms with Crippen LogP contribution < -0.4 is 0 Å². The number of hydrogen-bond donors (Lipinski definition) is 1. The zero-order valence-electron chi connectivity index (χ0n) is 16.0. The molecule has 2 unspecified atom stereocenters. The maximum atomic E-state index is 13.3. The number of aryl methyl sites for hydroxylation is 1. The van der Waals surface area contributed by atoms with Crippen LogP contribution in [-0.4, -0.2) is 22.1 Å². The van der Waals surface area contributed by atoms with E-state index in [0.29, 0.717) is 24.0 Å². The van der Waals surface area contributed by atoms with Crippen molar-refractivity contribution >= 4 is 0 Å². The average Bonchev–Trinajstić information content (AvgIpc) is 2.62. The summed E-state index contributed by atoms with van der Waals surface area (Å²) in [5.74, 6) is 0. The summed E-state index contributed by atoms with van der Waals surface area (Å²) in [6, 6.07) is 14.6. The van der Waals surface area contributed by atoms with Crippen molar-refractivity contribution in [1.82, 2.24) is 4.90 Å². The third-order valence-corrected chi connectivity index (χ3v) is 6.31. The molecule has 5 heteroatoms. The number of halogens is 3. The Balaban J connectivity index is 1.62. The minimum Gasteiger partial charge on any atom is -0.385 e. The Hall–Kier alpha value is -1.85. The Morgan fingerprint density at radius 3 is 2.29 bits per heavy atom. The summed E-state index contributed by atoms with van der Waals surface area (Å²) in [7, 11) is 0. The van der Waals surface area contributed by atoms with Gasteiger partial charge in [-0.3, -0.25) is 4.90 Å². The molecule has 2 atom stereocenters. The normalized spacial score (nSPS) is 28.3. The van der Waals surface area contributed by atoms with E-state index < -0.39 is 17.3 Å². The second-order valence-corrected chi connectivity index (χ2v) is 8.42. The molecule has 2 saturated heterocycles. The summed E-state index contributed by atoms with van der Waals surface area (Å²) in [5.41, 5.74) is 0.313. The van der Waals surface area contributed by atoms with Crippen molar-refractivity contribution in [2.75, 3.05) is 0 Å². The van der Waals surface area contributed by atoms with E-state index in [2.05, 4.69) is 17.0 Å². The smallest absolute Gasteiger partial charge is 0.385 e. The minimum absolute atomic E-state index is 0.188. The molecule has 4 rings (SSSR count). The van der Waals surface area contributed by atoms with Gasteiger partial charge < -0.3 is 5.11 Å². The fraction of sp³-hybridized carbons (Fsp3) is 0.478. The highest BCUT2D eigenvalue weighted by Gasteiger charge is 2.46. The van der Waals surface area contributed by atoms with Gasteiger partial charge in [0, 0.05) is 18.6 Å². The number of hydrogen-bond acceptors (Lipinski definition) is 2. The van der Waals surface area contributed by atoms with Gasteiger partial charge in [-0.2, -0.15) is 13.2 Å². The second-order valence-electron chi connectivity index (χ2n) is 8.42. The SMILES string of the molecule is Cc1cc(C(F)(F)F)cc(C2(O)CC3CCCC(C2)N3Cc2ccccc2)c1. The molecule has 2 bridgehead atoms. The Morgan fingerprint density at radius 1 is 1.04 bits per heavy atom. The van der Waals surface area contributed by atoms with Crippen LogP contribution in [0.15, 0.2) is 48.5 Å². The van der Waals surface area contributed by atoms with Crippen LogP contribution in [0.3, 0.4) is 0 Å². The molecule has 28 heavy (non-hydrogen) atoms. The first-order valence-electron chi connectivity index (χ1n) is 9.96. The van der Waals surface area contributed by atoms with E-state index in [1.165, 1.54) is 5.56 Å². The lowest BCUT2D eigenvalue weighted by molar-refractivity contribution is -0.138. The van der Waals surface area contributed by atoms with Crippen LogP contribution in [0.2, 0.25) is 0 Å². The Morgan fingerprint density at radius 2 is 1.68 bits per heavy atom. The van der Waals surface area contributed by atoms with Crippen LogP contribution in [0.4, 0.5) is 13.2 Å². The third kappa shape index (κ3) is 3.83. The van der Waals surface area contributed by atoms with Crippen molar-refractivity contribution in [2.24, 2.45) is 0 Å². The average molecular weight is 389 g/mol. The molecule has 0 aliphatic carbocycles. The fourth-order valence-electron chi connectivity index (χ4n) is 5.02.